The van der Waals surface area contributed by atoms with Crippen molar-refractivity contribution in [2.75, 3.05) is 0 Å². The molecule has 2 aromatic carbocycles. The van der Waals surface area contributed by atoms with Crippen LogP contribution in [-0.4, -0.2) is 5.78 Å². The number of Topliss-reactive ketones (excluding diaryl/α,β-unsaturated/α-hetero) is 1. The van der Waals surface area contributed by atoms with Crippen LogP contribution in [0.2, 0.25) is 5.02 Å². The molecule has 106 valence electrons. The number of nitrogens with zero attached hydrogens (tertiary/aromatic N) is 1. The molecule has 6 heteroatoms. The molecule has 0 N–H and O–H groups in total. The van der Waals surface area contributed by atoms with E-state index in [4.69, 9.17) is 11.6 Å². The van der Waals surface area contributed by atoms with Gasteiger partial charge in [-0.1, -0.05) is 39.7 Å². The van der Waals surface area contributed by atoms with Crippen molar-refractivity contribution in [3.8, 4) is 6.07 Å². The minimum atomic E-state index is -1.39. The maximum Gasteiger partial charge on any atom is 0.184 e. The zero-order valence-electron chi connectivity index (χ0n) is 10.4. The quantitative estimate of drug-likeness (QED) is 0.723. The second-order valence-corrected chi connectivity index (χ2v) is 5.55. The van der Waals surface area contributed by atoms with E-state index in [1.807, 2.05) is 0 Å². The van der Waals surface area contributed by atoms with Crippen LogP contribution in [0, 0.1) is 23.0 Å². The van der Waals surface area contributed by atoms with E-state index in [2.05, 4.69) is 15.9 Å². The van der Waals surface area contributed by atoms with E-state index in [-0.39, 0.29) is 16.1 Å². The molecule has 0 radical (unpaired) electrons. The molecule has 2 rings (SSSR count). The summed E-state index contributed by atoms with van der Waals surface area (Å²) in [7, 11) is 0. The first-order valence-electron chi connectivity index (χ1n) is 5.78. The standard InChI is InChI=1S/C15H7BrClF2NO/c16-9-4-8(5-10(18)6-9)15(21)12(7-20)11-2-1-3-13(17)14(11)19/h1-6,12H. The summed E-state index contributed by atoms with van der Waals surface area (Å²) >= 11 is 8.72. The highest BCUT2D eigenvalue weighted by Crippen LogP contribution is 2.28. The first-order chi connectivity index (χ1) is 9.93. The van der Waals surface area contributed by atoms with Gasteiger partial charge in [0.25, 0.3) is 0 Å². The summed E-state index contributed by atoms with van der Waals surface area (Å²) in [5.74, 6) is -3.54. The van der Waals surface area contributed by atoms with Crippen LogP contribution in [0.25, 0.3) is 0 Å². The topological polar surface area (TPSA) is 40.9 Å². The monoisotopic (exact) mass is 369 g/mol. The third kappa shape index (κ3) is 3.29. The SMILES string of the molecule is N#CC(C(=O)c1cc(F)cc(Br)c1)c1cccc(Cl)c1F. The molecule has 0 aliphatic heterocycles. The summed E-state index contributed by atoms with van der Waals surface area (Å²) in [5.41, 5.74) is -0.150. The van der Waals surface area contributed by atoms with Gasteiger partial charge in [-0.3, -0.25) is 4.79 Å². The number of rotatable bonds is 3. The largest absolute Gasteiger partial charge is 0.292 e. The van der Waals surface area contributed by atoms with Crippen molar-refractivity contribution < 1.29 is 13.6 Å². The Morgan fingerprint density at radius 3 is 2.62 bits per heavy atom. The summed E-state index contributed by atoms with van der Waals surface area (Å²) in [5, 5.41) is 9.00. The number of hydrogen-bond acceptors (Lipinski definition) is 2. The molecule has 2 nitrogen and oxygen atoms in total. The van der Waals surface area contributed by atoms with Gasteiger partial charge < -0.3 is 0 Å². The molecule has 0 spiro atoms. The summed E-state index contributed by atoms with van der Waals surface area (Å²) in [6, 6.07) is 9.36. The highest BCUT2D eigenvalue weighted by Gasteiger charge is 2.26. The van der Waals surface area contributed by atoms with Crippen molar-refractivity contribution in [2.45, 2.75) is 5.92 Å². The van der Waals surface area contributed by atoms with E-state index in [0.717, 1.165) is 6.07 Å². The van der Waals surface area contributed by atoms with Crippen LogP contribution in [0.5, 0.6) is 0 Å². The average Bonchev–Trinajstić information content (AvgIpc) is 2.43. The molecule has 0 aliphatic rings. The maximum absolute atomic E-state index is 14.0. The van der Waals surface area contributed by atoms with Crippen molar-refractivity contribution in [1.82, 2.24) is 0 Å². The molecule has 2 aromatic rings. The van der Waals surface area contributed by atoms with Gasteiger partial charge in [0.05, 0.1) is 11.1 Å². The highest BCUT2D eigenvalue weighted by molar-refractivity contribution is 9.10. The van der Waals surface area contributed by atoms with Gasteiger partial charge in [-0.25, -0.2) is 8.78 Å². The predicted octanol–water partition coefficient (Wildman–Crippen LogP) is 4.87. The molecule has 0 saturated carbocycles. The van der Waals surface area contributed by atoms with Crippen LogP contribution in [-0.2, 0) is 0 Å². The minimum Gasteiger partial charge on any atom is -0.292 e. The van der Waals surface area contributed by atoms with Crippen molar-refractivity contribution in [3.63, 3.8) is 0 Å². The molecule has 0 aromatic heterocycles. The Hall–Kier alpha value is -1.77. The van der Waals surface area contributed by atoms with E-state index in [9.17, 15) is 18.8 Å². The lowest BCUT2D eigenvalue weighted by molar-refractivity contribution is 0.0977. The zero-order chi connectivity index (χ0) is 15.6. The van der Waals surface area contributed by atoms with Crippen LogP contribution in [0.15, 0.2) is 40.9 Å². The number of hydrogen-bond donors (Lipinski definition) is 0. The normalized spacial score (nSPS) is 11.8. The lowest BCUT2D eigenvalue weighted by Crippen LogP contribution is -2.13. The van der Waals surface area contributed by atoms with Crippen molar-refractivity contribution >= 4 is 33.3 Å². The summed E-state index contributed by atoms with van der Waals surface area (Å²) in [6.45, 7) is 0. The number of carbonyl (C=O) groups excluding carboxylic acids is 1. The Morgan fingerprint density at radius 1 is 1.29 bits per heavy atom. The first-order valence-corrected chi connectivity index (χ1v) is 6.95. The van der Waals surface area contributed by atoms with E-state index in [1.54, 1.807) is 6.07 Å². The fourth-order valence-corrected chi connectivity index (χ4v) is 2.52. The van der Waals surface area contributed by atoms with E-state index in [1.165, 1.54) is 30.3 Å². The second kappa shape index (κ2) is 6.33. The molecule has 0 fully saturated rings. The second-order valence-electron chi connectivity index (χ2n) is 4.23. The van der Waals surface area contributed by atoms with Crippen LogP contribution in [0.4, 0.5) is 8.78 Å². The molecule has 0 heterocycles. The number of nitriles is 1. The number of benzene rings is 2. The summed E-state index contributed by atoms with van der Waals surface area (Å²) in [6.07, 6.45) is 0. The van der Waals surface area contributed by atoms with Gasteiger partial charge in [-0.05, 0) is 24.3 Å². The molecule has 0 amide bonds. The molecule has 0 aliphatic carbocycles. The molecule has 0 bridgehead atoms. The first kappa shape index (κ1) is 15.6. The highest BCUT2D eigenvalue weighted by atomic mass is 79.9. The van der Waals surface area contributed by atoms with Gasteiger partial charge in [-0.15, -0.1) is 0 Å². The average molecular weight is 371 g/mol. The molecule has 0 saturated heterocycles. The summed E-state index contributed by atoms with van der Waals surface area (Å²) in [4.78, 5) is 12.3. The number of ketones is 1. The fourth-order valence-electron chi connectivity index (χ4n) is 1.88. The van der Waals surface area contributed by atoms with Crippen LogP contribution in [0.3, 0.4) is 0 Å². The lowest BCUT2D eigenvalue weighted by atomic mass is 9.91. The molecule has 1 unspecified atom stereocenters. The van der Waals surface area contributed by atoms with Gasteiger partial charge in [0, 0.05) is 15.6 Å². The van der Waals surface area contributed by atoms with E-state index < -0.39 is 23.3 Å². The van der Waals surface area contributed by atoms with Crippen molar-refractivity contribution in [2.24, 2.45) is 0 Å². The molecule has 21 heavy (non-hydrogen) atoms. The Labute approximate surface area is 133 Å². The van der Waals surface area contributed by atoms with Crippen LogP contribution in [0.1, 0.15) is 21.8 Å². The van der Waals surface area contributed by atoms with Gasteiger partial charge in [0.2, 0.25) is 0 Å². The maximum atomic E-state index is 14.0. The third-order valence-electron chi connectivity index (χ3n) is 2.83. The van der Waals surface area contributed by atoms with Gasteiger partial charge >= 0.3 is 0 Å². The Balaban J connectivity index is 2.49. The summed E-state index contributed by atoms with van der Waals surface area (Å²) < 4.78 is 27.7. The van der Waals surface area contributed by atoms with Crippen LogP contribution >= 0.6 is 27.5 Å². The Kier molecular flexibility index (Phi) is 4.71. The zero-order valence-corrected chi connectivity index (χ0v) is 12.8. The molecule has 1 atom stereocenters. The fraction of sp³-hybridized carbons (Fsp3) is 0.0667. The van der Waals surface area contributed by atoms with E-state index >= 15 is 0 Å². The number of halogens is 4. The van der Waals surface area contributed by atoms with E-state index in [0.29, 0.717) is 4.47 Å². The van der Waals surface area contributed by atoms with Crippen molar-refractivity contribution in [3.05, 3.63) is 68.7 Å². The van der Waals surface area contributed by atoms with Crippen LogP contribution < -0.4 is 0 Å². The smallest absolute Gasteiger partial charge is 0.184 e. The number of carbonyl (C=O) groups is 1. The Morgan fingerprint density at radius 2 is 2.00 bits per heavy atom. The lowest BCUT2D eigenvalue weighted by Gasteiger charge is -2.11. The predicted molar refractivity (Wildman–Crippen MR) is 78.2 cm³/mol. The van der Waals surface area contributed by atoms with Crippen molar-refractivity contribution in [1.29, 1.82) is 5.26 Å². The molecular formula is C15H7BrClF2NO. The molecular weight excluding hydrogens is 364 g/mol. The van der Waals surface area contributed by atoms with Gasteiger partial charge in [-0.2, -0.15) is 5.26 Å². The third-order valence-corrected chi connectivity index (χ3v) is 3.58. The Bertz CT molecular complexity index is 738. The minimum absolute atomic E-state index is 0.0206. The van der Waals surface area contributed by atoms with Gasteiger partial charge in [0.15, 0.2) is 5.78 Å². The van der Waals surface area contributed by atoms with Gasteiger partial charge in [0.1, 0.15) is 17.6 Å².